The lowest BCUT2D eigenvalue weighted by Gasteiger charge is -2.14. The van der Waals surface area contributed by atoms with Gasteiger partial charge in [0.1, 0.15) is 11.5 Å². The maximum absolute atomic E-state index is 12.5. The van der Waals surface area contributed by atoms with Crippen LogP contribution in [0.15, 0.2) is 40.9 Å². The quantitative estimate of drug-likeness (QED) is 0.403. The lowest BCUT2D eigenvalue weighted by Crippen LogP contribution is -2.49. The van der Waals surface area contributed by atoms with Crippen LogP contribution in [0.1, 0.15) is 34.8 Å². The number of carbonyl (C=O) groups is 2. The first-order chi connectivity index (χ1) is 14.3. The standard InChI is InChI=1S/C21H24BrN3O4S/c1-4-10-28-17-9-8-15(22)11-16(17)20(27)23-21(30)25-24-18(26)12-29-19-13(2)6-5-7-14(19)3/h5-9,11H,4,10,12H2,1-3H3,(H,24,26)(H2,23,25,27,30). The first-order valence-corrected chi connectivity index (χ1v) is 10.5. The summed E-state index contributed by atoms with van der Waals surface area (Å²) in [5.74, 6) is 0.216. The maximum atomic E-state index is 12.5. The van der Waals surface area contributed by atoms with Gasteiger partial charge in [-0.1, -0.05) is 41.1 Å². The van der Waals surface area contributed by atoms with Crippen molar-refractivity contribution in [2.45, 2.75) is 27.2 Å². The number of thiocarbonyl (C=S) groups is 1. The molecule has 0 saturated heterocycles. The number of hydrogen-bond acceptors (Lipinski definition) is 5. The Balaban J connectivity index is 1.86. The Morgan fingerprint density at radius 3 is 2.43 bits per heavy atom. The Bertz CT molecular complexity index is 916. The van der Waals surface area contributed by atoms with E-state index in [-0.39, 0.29) is 11.7 Å². The molecular weight excluding hydrogens is 470 g/mol. The highest BCUT2D eigenvalue weighted by Crippen LogP contribution is 2.24. The van der Waals surface area contributed by atoms with E-state index in [1.54, 1.807) is 18.2 Å². The van der Waals surface area contributed by atoms with Gasteiger partial charge >= 0.3 is 0 Å². The Kier molecular flexibility index (Phi) is 9.07. The number of carbonyl (C=O) groups excluding carboxylic acids is 2. The van der Waals surface area contributed by atoms with Gasteiger partial charge in [0.05, 0.1) is 12.2 Å². The molecule has 0 unspecified atom stereocenters. The van der Waals surface area contributed by atoms with Crippen LogP contribution in [0.3, 0.4) is 0 Å². The molecule has 0 bridgehead atoms. The van der Waals surface area contributed by atoms with Gasteiger partial charge in [0, 0.05) is 4.47 Å². The lowest BCUT2D eigenvalue weighted by molar-refractivity contribution is -0.123. The van der Waals surface area contributed by atoms with Gasteiger partial charge in [0.2, 0.25) is 0 Å². The van der Waals surface area contributed by atoms with Gasteiger partial charge < -0.3 is 9.47 Å². The minimum atomic E-state index is -0.457. The highest BCUT2D eigenvalue weighted by Gasteiger charge is 2.15. The van der Waals surface area contributed by atoms with Crippen molar-refractivity contribution in [2.24, 2.45) is 0 Å². The molecule has 0 atom stereocenters. The van der Waals surface area contributed by atoms with E-state index in [1.807, 2.05) is 39.0 Å². The molecule has 0 fully saturated rings. The van der Waals surface area contributed by atoms with E-state index in [4.69, 9.17) is 21.7 Å². The molecule has 0 aliphatic heterocycles. The van der Waals surface area contributed by atoms with Crippen LogP contribution in [0.2, 0.25) is 0 Å². The molecule has 2 aromatic rings. The molecule has 2 aromatic carbocycles. The predicted molar refractivity (Wildman–Crippen MR) is 123 cm³/mol. The fourth-order valence-electron chi connectivity index (χ4n) is 2.55. The smallest absolute Gasteiger partial charge is 0.276 e. The number of hydrogen-bond donors (Lipinski definition) is 3. The highest BCUT2D eigenvalue weighted by molar-refractivity contribution is 9.10. The van der Waals surface area contributed by atoms with E-state index in [0.29, 0.717) is 23.7 Å². The third-order valence-corrected chi connectivity index (χ3v) is 4.64. The van der Waals surface area contributed by atoms with Crippen molar-refractivity contribution in [1.82, 2.24) is 16.2 Å². The fraction of sp³-hybridized carbons (Fsp3) is 0.286. The number of benzene rings is 2. The van der Waals surface area contributed by atoms with Crippen LogP contribution in [0.5, 0.6) is 11.5 Å². The van der Waals surface area contributed by atoms with E-state index >= 15 is 0 Å². The molecule has 30 heavy (non-hydrogen) atoms. The van der Waals surface area contributed by atoms with Gasteiger partial charge in [-0.15, -0.1) is 0 Å². The van der Waals surface area contributed by atoms with Crippen LogP contribution in [0.25, 0.3) is 0 Å². The topological polar surface area (TPSA) is 88.7 Å². The second kappa shape index (κ2) is 11.5. The number of amides is 2. The summed E-state index contributed by atoms with van der Waals surface area (Å²) in [4.78, 5) is 24.6. The summed E-state index contributed by atoms with van der Waals surface area (Å²) in [6.45, 7) is 6.08. The average Bonchev–Trinajstić information content (AvgIpc) is 2.71. The number of nitrogens with one attached hydrogen (secondary N) is 3. The van der Waals surface area contributed by atoms with Crippen molar-refractivity contribution in [2.75, 3.05) is 13.2 Å². The van der Waals surface area contributed by atoms with Crippen molar-refractivity contribution in [1.29, 1.82) is 0 Å². The Morgan fingerprint density at radius 1 is 1.07 bits per heavy atom. The van der Waals surface area contributed by atoms with Crippen molar-refractivity contribution >= 4 is 45.1 Å². The summed E-state index contributed by atoms with van der Waals surface area (Å²) in [6.07, 6.45) is 0.813. The van der Waals surface area contributed by atoms with Crippen molar-refractivity contribution in [3.63, 3.8) is 0 Å². The van der Waals surface area contributed by atoms with Crippen molar-refractivity contribution in [3.8, 4) is 11.5 Å². The van der Waals surface area contributed by atoms with Crippen molar-refractivity contribution < 1.29 is 19.1 Å². The number of para-hydroxylation sites is 1. The summed E-state index contributed by atoms with van der Waals surface area (Å²) in [7, 11) is 0. The number of aryl methyl sites for hydroxylation is 2. The summed E-state index contributed by atoms with van der Waals surface area (Å²) in [5.41, 5.74) is 7.09. The zero-order chi connectivity index (χ0) is 22.1. The summed E-state index contributed by atoms with van der Waals surface area (Å²) in [5, 5.41) is 2.46. The fourth-order valence-corrected chi connectivity index (χ4v) is 3.05. The minimum absolute atomic E-state index is 0.0539. The van der Waals surface area contributed by atoms with Crippen LogP contribution in [-0.2, 0) is 4.79 Å². The first kappa shape index (κ1) is 23.6. The number of ether oxygens (including phenoxy) is 2. The molecule has 160 valence electrons. The van der Waals surface area contributed by atoms with E-state index in [0.717, 1.165) is 22.0 Å². The van der Waals surface area contributed by atoms with Crippen LogP contribution in [-0.4, -0.2) is 30.1 Å². The Hall–Kier alpha value is -2.65. The molecule has 2 rings (SSSR count). The lowest BCUT2D eigenvalue weighted by atomic mass is 10.1. The second-order valence-electron chi connectivity index (χ2n) is 6.45. The first-order valence-electron chi connectivity index (χ1n) is 9.33. The third-order valence-electron chi connectivity index (χ3n) is 3.95. The number of hydrazine groups is 1. The molecule has 0 aromatic heterocycles. The van der Waals surface area contributed by atoms with E-state index < -0.39 is 11.8 Å². The average molecular weight is 494 g/mol. The summed E-state index contributed by atoms with van der Waals surface area (Å²) >= 11 is 8.42. The highest BCUT2D eigenvalue weighted by atomic mass is 79.9. The molecular formula is C21H24BrN3O4S. The maximum Gasteiger partial charge on any atom is 0.276 e. The molecule has 0 saturated carbocycles. The van der Waals surface area contributed by atoms with E-state index in [9.17, 15) is 9.59 Å². The molecule has 2 amide bonds. The third kappa shape index (κ3) is 7.00. The molecule has 0 spiro atoms. The Labute approximate surface area is 189 Å². The predicted octanol–water partition coefficient (Wildman–Crippen LogP) is 3.57. The number of halogens is 1. The molecule has 0 heterocycles. The van der Waals surface area contributed by atoms with Gasteiger partial charge in [0.25, 0.3) is 11.8 Å². The summed E-state index contributed by atoms with van der Waals surface area (Å²) < 4.78 is 11.9. The van der Waals surface area contributed by atoms with Gasteiger partial charge in [-0.05, 0) is 61.8 Å². The zero-order valence-corrected chi connectivity index (χ0v) is 19.4. The zero-order valence-electron chi connectivity index (χ0n) is 17.0. The van der Waals surface area contributed by atoms with Crippen LogP contribution < -0.4 is 25.6 Å². The van der Waals surface area contributed by atoms with E-state index in [2.05, 4.69) is 32.1 Å². The van der Waals surface area contributed by atoms with Gasteiger partial charge in [-0.25, -0.2) is 0 Å². The van der Waals surface area contributed by atoms with Gasteiger partial charge in [-0.3, -0.25) is 25.8 Å². The van der Waals surface area contributed by atoms with Gasteiger partial charge in [0.15, 0.2) is 11.7 Å². The Morgan fingerprint density at radius 2 is 1.77 bits per heavy atom. The second-order valence-corrected chi connectivity index (χ2v) is 7.78. The van der Waals surface area contributed by atoms with Gasteiger partial charge in [-0.2, -0.15) is 0 Å². The summed E-state index contributed by atoms with van der Waals surface area (Å²) in [6, 6.07) is 10.9. The van der Waals surface area contributed by atoms with Crippen LogP contribution in [0, 0.1) is 13.8 Å². The molecule has 9 heteroatoms. The van der Waals surface area contributed by atoms with Crippen molar-refractivity contribution in [3.05, 3.63) is 57.6 Å². The van der Waals surface area contributed by atoms with Crippen LogP contribution >= 0.6 is 28.1 Å². The molecule has 0 radical (unpaired) electrons. The molecule has 7 nitrogen and oxygen atoms in total. The monoisotopic (exact) mass is 493 g/mol. The van der Waals surface area contributed by atoms with Crippen LogP contribution in [0.4, 0.5) is 0 Å². The molecule has 3 N–H and O–H groups in total. The SMILES string of the molecule is CCCOc1ccc(Br)cc1C(=O)NC(=S)NNC(=O)COc1c(C)cccc1C. The normalized spacial score (nSPS) is 10.1. The van der Waals surface area contributed by atoms with E-state index in [1.165, 1.54) is 0 Å². The largest absolute Gasteiger partial charge is 0.493 e. The molecule has 0 aliphatic carbocycles. The molecule has 0 aliphatic rings. The number of rotatable bonds is 7. The minimum Gasteiger partial charge on any atom is -0.493 e.